The fourth-order valence-electron chi connectivity index (χ4n) is 2.86. The van der Waals surface area contributed by atoms with Gasteiger partial charge in [-0.15, -0.1) is 0 Å². The molecule has 8 heteroatoms. The van der Waals surface area contributed by atoms with Crippen molar-refractivity contribution in [3.8, 4) is 22.9 Å². The molecule has 0 radical (unpaired) electrons. The number of aromatic nitrogens is 2. The lowest BCUT2D eigenvalue weighted by Crippen LogP contribution is -2.27. The summed E-state index contributed by atoms with van der Waals surface area (Å²) in [6, 6.07) is 12.4. The van der Waals surface area contributed by atoms with E-state index in [1.165, 1.54) is 0 Å². The summed E-state index contributed by atoms with van der Waals surface area (Å²) in [5.41, 5.74) is 1.63. The Bertz CT molecular complexity index is 972. The maximum atomic E-state index is 12.4. The molecular weight excluding hydrogens is 394 g/mol. The van der Waals surface area contributed by atoms with Gasteiger partial charge in [0.1, 0.15) is 11.5 Å². The molecule has 0 saturated heterocycles. The Morgan fingerprint density at radius 2 is 1.93 bits per heavy atom. The standard InChI is InChI=1S/C21H22ClN3O4/c1-13(17-12-16(27-2)8-9-18(17)28-3)23-19(26)10-11-20-24-21(25-29-20)14-4-6-15(22)7-5-14/h4-9,12-13H,10-11H2,1-3H3,(H,23,26). The van der Waals surface area contributed by atoms with Gasteiger partial charge in [0.2, 0.25) is 17.6 Å². The number of benzene rings is 2. The zero-order chi connectivity index (χ0) is 20.8. The molecule has 29 heavy (non-hydrogen) atoms. The quantitative estimate of drug-likeness (QED) is 0.592. The van der Waals surface area contributed by atoms with E-state index >= 15 is 0 Å². The first-order valence-electron chi connectivity index (χ1n) is 9.10. The summed E-state index contributed by atoms with van der Waals surface area (Å²) in [6.07, 6.45) is 0.563. The molecule has 1 aromatic heterocycles. The number of nitrogens with one attached hydrogen (secondary N) is 1. The highest BCUT2D eigenvalue weighted by molar-refractivity contribution is 6.30. The minimum Gasteiger partial charge on any atom is -0.497 e. The number of hydrogen-bond acceptors (Lipinski definition) is 6. The first kappa shape index (κ1) is 20.7. The molecule has 0 aliphatic carbocycles. The maximum Gasteiger partial charge on any atom is 0.227 e. The predicted molar refractivity (Wildman–Crippen MR) is 109 cm³/mol. The second-order valence-electron chi connectivity index (χ2n) is 6.42. The van der Waals surface area contributed by atoms with E-state index in [0.29, 0.717) is 34.7 Å². The van der Waals surface area contributed by atoms with Crippen LogP contribution in [-0.4, -0.2) is 30.3 Å². The van der Waals surface area contributed by atoms with E-state index < -0.39 is 0 Å². The van der Waals surface area contributed by atoms with Crippen molar-refractivity contribution in [2.75, 3.05) is 14.2 Å². The van der Waals surface area contributed by atoms with Crippen LogP contribution in [0.25, 0.3) is 11.4 Å². The van der Waals surface area contributed by atoms with Crippen molar-refractivity contribution in [1.82, 2.24) is 15.5 Å². The Hall–Kier alpha value is -3.06. The number of aryl methyl sites for hydroxylation is 1. The third-order valence-corrected chi connectivity index (χ3v) is 4.67. The van der Waals surface area contributed by atoms with E-state index in [1.807, 2.05) is 37.3 Å². The summed E-state index contributed by atoms with van der Waals surface area (Å²) in [7, 11) is 3.19. The van der Waals surface area contributed by atoms with Crippen LogP contribution in [0.15, 0.2) is 47.0 Å². The van der Waals surface area contributed by atoms with Gasteiger partial charge < -0.3 is 19.3 Å². The number of amides is 1. The minimum atomic E-state index is -0.250. The summed E-state index contributed by atoms with van der Waals surface area (Å²) >= 11 is 5.89. The van der Waals surface area contributed by atoms with Gasteiger partial charge in [0.05, 0.1) is 20.3 Å². The normalized spacial score (nSPS) is 11.7. The van der Waals surface area contributed by atoms with Gasteiger partial charge in [0.15, 0.2) is 0 Å². The topological polar surface area (TPSA) is 86.5 Å². The number of methoxy groups -OCH3 is 2. The minimum absolute atomic E-state index is 0.131. The second kappa shape index (κ2) is 9.43. The Kier molecular flexibility index (Phi) is 6.72. The van der Waals surface area contributed by atoms with E-state index in [1.54, 1.807) is 26.4 Å². The van der Waals surface area contributed by atoms with Gasteiger partial charge in [-0.1, -0.05) is 16.8 Å². The molecule has 0 aliphatic rings. The SMILES string of the molecule is COc1ccc(OC)c(C(C)NC(=O)CCc2nc(-c3ccc(Cl)cc3)no2)c1. The van der Waals surface area contributed by atoms with E-state index in [2.05, 4.69) is 15.5 Å². The number of carbonyl (C=O) groups is 1. The average molecular weight is 416 g/mol. The molecule has 1 atom stereocenters. The maximum absolute atomic E-state index is 12.4. The third kappa shape index (κ3) is 5.26. The second-order valence-corrected chi connectivity index (χ2v) is 6.85. The lowest BCUT2D eigenvalue weighted by Gasteiger charge is -2.18. The van der Waals surface area contributed by atoms with Crippen LogP contribution >= 0.6 is 11.6 Å². The Labute approximate surface area is 174 Å². The molecule has 1 N–H and O–H groups in total. The van der Waals surface area contributed by atoms with E-state index in [4.69, 9.17) is 25.6 Å². The lowest BCUT2D eigenvalue weighted by molar-refractivity contribution is -0.121. The van der Waals surface area contributed by atoms with Gasteiger partial charge in [-0.05, 0) is 49.4 Å². The molecule has 0 bridgehead atoms. The highest BCUT2D eigenvalue weighted by Crippen LogP contribution is 2.29. The van der Waals surface area contributed by atoms with Crippen molar-refractivity contribution < 1.29 is 18.8 Å². The van der Waals surface area contributed by atoms with Gasteiger partial charge in [-0.25, -0.2) is 0 Å². The summed E-state index contributed by atoms with van der Waals surface area (Å²) in [4.78, 5) is 16.7. The largest absolute Gasteiger partial charge is 0.497 e. The lowest BCUT2D eigenvalue weighted by atomic mass is 10.1. The summed E-state index contributed by atoms with van der Waals surface area (Å²) < 4.78 is 15.9. The van der Waals surface area contributed by atoms with Crippen LogP contribution < -0.4 is 14.8 Å². The number of nitrogens with zero attached hydrogens (tertiary/aromatic N) is 2. The number of rotatable bonds is 8. The van der Waals surface area contributed by atoms with Gasteiger partial charge in [0.25, 0.3) is 0 Å². The highest BCUT2D eigenvalue weighted by atomic mass is 35.5. The van der Waals surface area contributed by atoms with Crippen molar-refractivity contribution in [3.05, 3.63) is 58.9 Å². The van der Waals surface area contributed by atoms with Crippen LogP contribution in [0.5, 0.6) is 11.5 Å². The van der Waals surface area contributed by atoms with E-state index in [0.717, 1.165) is 11.1 Å². The number of ether oxygens (including phenoxy) is 2. The van der Waals surface area contributed by atoms with Crippen LogP contribution in [0.1, 0.15) is 30.8 Å². The van der Waals surface area contributed by atoms with Crippen molar-refractivity contribution >= 4 is 17.5 Å². The molecule has 1 amide bonds. The summed E-state index contributed by atoms with van der Waals surface area (Å²) in [5.74, 6) is 2.11. The molecule has 3 rings (SSSR count). The molecule has 7 nitrogen and oxygen atoms in total. The molecule has 152 valence electrons. The summed E-state index contributed by atoms with van der Waals surface area (Å²) in [5, 5.41) is 7.55. The Morgan fingerprint density at radius 3 is 2.62 bits per heavy atom. The number of hydrogen-bond donors (Lipinski definition) is 1. The van der Waals surface area contributed by atoms with E-state index in [9.17, 15) is 4.79 Å². The van der Waals surface area contributed by atoms with Crippen molar-refractivity contribution in [1.29, 1.82) is 0 Å². The van der Waals surface area contributed by atoms with Crippen molar-refractivity contribution in [3.63, 3.8) is 0 Å². The van der Waals surface area contributed by atoms with Gasteiger partial charge >= 0.3 is 0 Å². The van der Waals surface area contributed by atoms with E-state index in [-0.39, 0.29) is 18.4 Å². The van der Waals surface area contributed by atoms with Crippen LogP contribution in [-0.2, 0) is 11.2 Å². The average Bonchev–Trinajstić information content (AvgIpc) is 3.21. The van der Waals surface area contributed by atoms with Gasteiger partial charge in [-0.2, -0.15) is 4.98 Å². The molecule has 1 unspecified atom stereocenters. The smallest absolute Gasteiger partial charge is 0.227 e. The number of carbonyl (C=O) groups excluding carboxylic acids is 1. The molecule has 0 fully saturated rings. The Morgan fingerprint density at radius 1 is 1.17 bits per heavy atom. The van der Waals surface area contributed by atoms with Crippen molar-refractivity contribution in [2.45, 2.75) is 25.8 Å². The zero-order valence-electron chi connectivity index (χ0n) is 16.4. The highest BCUT2D eigenvalue weighted by Gasteiger charge is 2.16. The Balaban J connectivity index is 1.58. The molecule has 1 heterocycles. The molecule has 0 spiro atoms. The van der Waals surface area contributed by atoms with Crippen molar-refractivity contribution in [2.24, 2.45) is 0 Å². The van der Waals surface area contributed by atoms with Crippen LogP contribution in [0.4, 0.5) is 0 Å². The molecule has 0 saturated carbocycles. The van der Waals surface area contributed by atoms with Gasteiger partial charge in [-0.3, -0.25) is 4.79 Å². The molecule has 2 aromatic carbocycles. The fourth-order valence-corrected chi connectivity index (χ4v) is 2.99. The summed E-state index contributed by atoms with van der Waals surface area (Å²) in [6.45, 7) is 1.89. The monoisotopic (exact) mass is 415 g/mol. The molecule has 3 aromatic rings. The van der Waals surface area contributed by atoms with Crippen LogP contribution in [0, 0.1) is 0 Å². The third-order valence-electron chi connectivity index (χ3n) is 4.42. The predicted octanol–water partition coefficient (Wildman–Crippen LogP) is 4.22. The van der Waals surface area contributed by atoms with Gasteiger partial charge in [0, 0.05) is 29.0 Å². The fraction of sp³-hybridized carbons (Fsp3) is 0.286. The molecular formula is C21H22ClN3O4. The van der Waals surface area contributed by atoms with Crippen LogP contribution in [0.3, 0.4) is 0 Å². The zero-order valence-corrected chi connectivity index (χ0v) is 17.2. The first-order chi connectivity index (χ1) is 14.0. The molecule has 0 aliphatic heterocycles. The first-order valence-corrected chi connectivity index (χ1v) is 9.47. The number of halogens is 1. The van der Waals surface area contributed by atoms with Crippen LogP contribution in [0.2, 0.25) is 5.02 Å².